The highest BCUT2D eigenvalue weighted by Crippen LogP contribution is 2.10. The van der Waals surface area contributed by atoms with Gasteiger partial charge in [0, 0.05) is 14.2 Å². The molecule has 2 nitrogen and oxygen atoms in total. The Bertz CT molecular complexity index is 103. The van der Waals surface area contributed by atoms with Crippen LogP contribution in [0.2, 0.25) is 0 Å². The van der Waals surface area contributed by atoms with Crippen molar-refractivity contribution in [1.82, 2.24) is 0 Å². The van der Waals surface area contributed by atoms with E-state index in [1.165, 1.54) is 64.2 Å². The smallest absolute Gasteiger partial charge is 0.0319 e. The fraction of sp³-hybridized carbons (Fsp3) is 0.867. The van der Waals surface area contributed by atoms with E-state index < -0.39 is 0 Å². The monoisotopic (exact) mass is 246 g/mol. The van der Waals surface area contributed by atoms with Gasteiger partial charge in [0.25, 0.3) is 0 Å². The Morgan fingerprint density at radius 3 is 1.41 bits per heavy atom. The second-order valence-electron chi connectivity index (χ2n) is 3.91. The van der Waals surface area contributed by atoms with E-state index in [9.17, 15) is 0 Å². The molecule has 0 amide bonds. The fourth-order valence-corrected chi connectivity index (χ4v) is 1.60. The minimum Gasteiger partial charge on any atom is -0.400 e. The number of unbranched alkanes of at least 4 members (excludes halogenated alkanes) is 9. The molecule has 106 valence electrons. The van der Waals surface area contributed by atoms with Crippen LogP contribution in [0.4, 0.5) is 0 Å². The molecule has 0 radical (unpaired) electrons. The van der Waals surface area contributed by atoms with Crippen LogP contribution in [0.5, 0.6) is 0 Å². The molecule has 0 saturated carbocycles. The summed E-state index contributed by atoms with van der Waals surface area (Å²) in [5.41, 5.74) is 0. The zero-order valence-electron chi connectivity index (χ0n) is 12.2. The number of aliphatic hydroxyl groups is 2. The van der Waals surface area contributed by atoms with Gasteiger partial charge >= 0.3 is 0 Å². The molecule has 0 atom stereocenters. The highest BCUT2D eigenvalue weighted by Gasteiger charge is 1.90. The maximum Gasteiger partial charge on any atom is 0.0319 e. The van der Waals surface area contributed by atoms with E-state index in [4.69, 9.17) is 10.2 Å². The average Bonchev–Trinajstić information content (AvgIpc) is 2.42. The van der Waals surface area contributed by atoms with Crippen LogP contribution in [-0.2, 0) is 0 Å². The van der Waals surface area contributed by atoms with Crippen LogP contribution in [0.3, 0.4) is 0 Å². The number of hydrogen-bond donors (Lipinski definition) is 2. The van der Waals surface area contributed by atoms with E-state index >= 15 is 0 Å². The lowest BCUT2D eigenvalue weighted by Crippen LogP contribution is -1.80. The predicted molar refractivity (Wildman–Crippen MR) is 78.3 cm³/mol. The van der Waals surface area contributed by atoms with Crippen LogP contribution < -0.4 is 0 Å². The molecular formula is C15H34O2. The normalized spacial score (nSPS) is 8.53. The summed E-state index contributed by atoms with van der Waals surface area (Å²) in [5, 5.41) is 14.0. The van der Waals surface area contributed by atoms with E-state index in [0.29, 0.717) is 0 Å². The van der Waals surface area contributed by atoms with Crippen molar-refractivity contribution in [3.8, 4) is 0 Å². The van der Waals surface area contributed by atoms with Crippen molar-refractivity contribution in [3.63, 3.8) is 0 Å². The molecule has 0 aromatic rings. The lowest BCUT2D eigenvalue weighted by atomic mass is 10.1. The second kappa shape index (κ2) is 29.6. The third-order valence-electron chi connectivity index (χ3n) is 2.51. The molecule has 0 saturated heterocycles. The number of rotatable bonds is 10. The summed E-state index contributed by atoms with van der Waals surface area (Å²) in [6, 6.07) is 0. The molecule has 0 heterocycles. The summed E-state index contributed by atoms with van der Waals surface area (Å²) < 4.78 is 0. The van der Waals surface area contributed by atoms with Gasteiger partial charge in [0.05, 0.1) is 0 Å². The van der Waals surface area contributed by atoms with Gasteiger partial charge in [-0.25, -0.2) is 0 Å². The second-order valence-corrected chi connectivity index (χ2v) is 3.91. The van der Waals surface area contributed by atoms with Gasteiger partial charge in [-0.15, -0.1) is 6.58 Å². The predicted octanol–water partition coefficient (Wildman–Crippen LogP) is 4.31. The Morgan fingerprint density at radius 1 is 0.706 bits per heavy atom. The molecule has 0 aliphatic rings. The van der Waals surface area contributed by atoms with Crippen molar-refractivity contribution in [2.45, 2.75) is 71.1 Å². The summed E-state index contributed by atoms with van der Waals surface area (Å²) in [6.07, 6.45) is 16.0. The Morgan fingerprint density at radius 2 is 1.06 bits per heavy atom. The molecule has 0 fully saturated rings. The number of hydrogen-bond acceptors (Lipinski definition) is 2. The van der Waals surface area contributed by atoms with Gasteiger partial charge in [-0.1, -0.05) is 64.4 Å². The van der Waals surface area contributed by atoms with Gasteiger partial charge in [-0.05, 0) is 12.8 Å². The average molecular weight is 246 g/mol. The minimum atomic E-state index is 1.00. The lowest BCUT2D eigenvalue weighted by molar-refractivity contribution is 0.399. The van der Waals surface area contributed by atoms with Crippen LogP contribution in [0.1, 0.15) is 71.1 Å². The molecule has 0 rings (SSSR count). The summed E-state index contributed by atoms with van der Waals surface area (Å²) >= 11 is 0. The van der Waals surface area contributed by atoms with Crippen molar-refractivity contribution < 1.29 is 10.2 Å². The Labute approximate surface area is 109 Å². The van der Waals surface area contributed by atoms with E-state index in [2.05, 4.69) is 13.5 Å². The first kappa shape index (κ1) is 21.9. The lowest BCUT2D eigenvalue weighted by Gasteiger charge is -2.00. The number of aliphatic hydroxyl groups excluding tert-OH is 2. The molecule has 0 unspecified atom stereocenters. The maximum absolute atomic E-state index is 7.00. The summed E-state index contributed by atoms with van der Waals surface area (Å²) in [5.74, 6) is 0. The first-order valence-corrected chi connectivity index (χ1v) is 6.92. The Hall–Kier alpha value is -0.340. The molecule has 0 aliphatic heterocycles. The zero-order valence-corrected chi connectivity index (χ0v) is 12.2. The van der Waals surface area contributed by atoms with Crippen LogP contribution in [0.25, 0.3) is 0 Å². The quantitative estimate of drug-likeness (QED) is 0.445. The van der Waals surface area contributed by atoms with Crippen LogP contribution in [-0.4, -0.2) is 24.4 Å². The largest absolute Gasteiger partial charge is 0.400 e. The van der Waals surface area contributed by atoms with Crippen LogP contribution in [0.15, 0.2) is 12.7 Å². The molecule has 17 heavy (non-hydrogen) atoms. The standard InChI is InChI=1S/C13H26.2CH4O/c1-3-5-7-9-11-13-12-10-8-6-4-2;2*1-2/h3H,1,4-13H2,2H3;2*2H,1H3. The Kier molecular flexibility index (Phi) is 38.1. The highest BCUT2D eigenvalue weighted by atomic mass is 16.2. The van der Waals surface area contributed by atoms with Crippen LogP contribution in [0, 0.1) is 0 Å². The number of allylic oxidation sites excluding steroid dienone is 1. The SMILES string of the molecule is C=CCCCCCCCCCCC.CO.CO. The van der Waals surface area contributed by atoms with Gasteiger partial charge in [-0.2, -0.15) is 0 Å². The third-order valence-corrected chi connectivity index (χ3v) is 2.51. The minimum absolute atomic E-state index is 1.00. The van der Waals surface area contributed by atoms with Gasteiger partial charge < -0.3 is 10.2 Å². The summed E-state index contributed by atoms with van der Waals surface area (Å²) in [7, 11) is 2.00. The summed E-state index contributed by atoms with van der Waals surface area (Å²) in [6.45, 7) is 6.00. The summed E-state index contributed by atoms with van der Waals surface area (Å²) in [4.78, 5) is 0. The highest BCUT2D eigenvalue weighted by molar-refractivity contribution is 4.65. The van der Waals surface area contributed by atoms with Crippen LogP contribution >= 0.6 is 0 Å². The van der Waals surface area contributed by atoms with Crippen molar-refractivity contribution in [2.75, 3.05) is 14.2 Å². The van der Waals surface area contributed by atoms with E-state index in [1.807, 2.05) is 6.08 Å². The third kappa shape index (κ3) is 31.3. The molecule has 0 aromatic heterocycles. The van der Waals surface area contributed by atoms with E-state index in [-0.39, 0.29) is 0 Å². The first-order chi connectivity index (χ1) is 8.41. The molecule has 0 aliphatic carbocycles. The van der Waals surface area contributed by atoms with Crippen molar-refractivity contribution in [2.24, 2.45) is 0 Å². The van der Waals surface area contributed by atoms with E-state index in [1.54, 1.807) is 0 Å². The zero-order chi connectivity index (χ0) is 13.8. The van der Waals surface area contributed by atoms with Crippen molar-refractivity contribution >= 4 is 0 Å². The first-order valence-electron chi connectivity index (χ1n) is 6.92. The maximum atomic E-state index is 7.00. The molecule has 0 bridgehead atoms. The fourth-order valence-electron chi connectivity index (χ4n) is 1.60. The molecular weight excluding hydrogens is 212 g/mol. The molecule has 0 spiro atoms. The van der Waals surface area contributed by atoms with Gasteiger partial charge in [0.2, 0.25) is 0 Å². The Balaban J connectivity index is -0.000000439. The van der Waals surface area contributed by atoms with E-state index in [0.717, 1.165) is 14.2 Å². The van der Waals surface area contributed by atoms with Gasteiger partial charge in [0.1, 0.15) is 0 Å². The van der Waals surface area contributed by atoms with Crippen molar-refractivity contribution in [3.05, 3.63) is 12.7 Å². The molecule has 0 aromatic carbocycles. The molecule has 2 N–H and O–H groups in total. The van der Waals surface area contributed by atoms with Gasteiger partial charge in [0.15, 0.2) is 0 Å². The van der Waals surface area contributed by atoms with Crippen molar-refractivity contribution in [1.29, 1.82) is 0 Å². The molecule has 2 heteroatoms. The van der Waals surface area contributed by atoms with Gasteiger partial charge in [-0.3, -0.25) is 0 Å². The topological polar surface area (TPSA) is 40.5 Å².